The summed E-state index contributed by atoms with van der Waals surface area (Å²) in [5, 5.41) is 1.02. The summed E-state index contributed by atoms with van der Waals surface area (Å²) in [6, 6.07) is 14.7. The molecule has 1 aromatic heterocycles. The van der Waals surface area contributed by atoms with Crippen molar-refractivity contribution in [2.24, 2.45) is 5.73 Å². The number of pyridine rings is 1. The number of fused-ring (bicyclic) bond motifs is 1. The van der Waals surface area contributed by atoms with Crippen LogP contribution in [0.15, 0.2) is 48.5 Å². The third-order valence-corrected chi connectivity index (χ3v) is 3.77. The first-order chi connectivity index (χ1) is 10.1. The minimum atomic E-state index is -0.476. The molecule has 0 aliphatic rings. The standard InChI is InChI=1S/C18H17FN2/c1-11-4-3-5-15(17(11)19)18(20)14-8-9-16-13(10-14)7-6-12(2)21-16/h3-10,18H,20H2,1-2H3. The molecule has 0 saturated heterocycles. The van der Waals surface area contributed by atoms with Crippen molar-refractivity contribution >= 4 is 10.9 Å². The molecule has 0 saturated carbocycles. The second-order valence-corrected chi connectivity index (χ2v) is 5.36. The van der Waals surface area contributed by atoms with Gasteiger partial charge in [0.05, 0.1) is 11.6 Å². The smallest absolute Gasteiger partial charge is 0.131 e. The molecule has 1 atom stereocenters. The maximum atomic E-state index is 14.2. The van der Waals surface area contributed by atoms with Gasteiger partial charge in [0, 0.05) is 16.6 Å². The highest BCUT2D eigenvalue weighted by atomic mass is 19.1. The summed E-state index contributed by atoms with van der Waals surface area (Å²) >= 11 is 0. The van der Waals surface area contributed by atoms with Crippen LogP contribution >= 0.6 is 0 Å². The molecule has 0 aliphatic carbocycles. The molecular formula is C18H17FN2. The minimum absolute atomic E-state index is 0.230. The molecule has 0 amide bonds. The van der Waals surface area contributed by atoms with Crippen LogP contribution in [0.1, 0.15) is 28.4 Å². The summed E-state index contributed by atoms with van der Waals surface area (Å²) in [5.74, 6) is -0.230. The second kappa shape index (κ2) is 5.26. The number of aromatic nitrogens is 1. The van der Waals surface area contributed by atoms with Gasteiger partial charge in [-0.15, -0.1) is 0 Å². The predicted molar refractivity (Wildman–Crippen MR) is 83.6 cm³/mol. The number of rotatable bonds is 2. The van der Waals surface area contributed by atoms with Crippen molar-refractivity contribution in [2.45, 2.75) is 19.9 Å². The highest BCUT2D eigenvalue weighted by Gasteiger charge is 2.15. The molecule has 1 heterocycles. The van der Waals surface area contributed by atoms with Crippen LogP contribution in [0.4, 0.5) is 4.39 Å². The van der Waals surface area contributed by atoms with Crippen LogP contribution in [0.2, 0.25) is 0 Å². The van der Waals surface area contributed by atoms with Gasteiger partial charge in [0.1, 0.15) is 5.82 Å². The van der Waals surface area contributed by atoms with Gasteiger partial charge in [-0.1, -0.05) is 30.3 Å². The number of nitrogens with zero attached hydrogens (tertiary/aromatic N) is 1. The lowest BCUT2D eigenvalue weighted by molar-refractivity contribution is 0.591. The van der Waals surface area contributed by atoms with E-state index in [0.717, 1.165) is 22.2 Å². The Bertz CT molecular complexity index is 811. The van der Waals surface area contributed by atoms with Gasteiger partial charge in [-0.05, 0) is 43.2 Å². The molecule has 2 nitrogen and oxygen atoms in total. The molecule has 0 spiro atoms. The van der Waals surface area contributed by atoms with Gasteiger partial charge in [0.25, 0.3) is 0 Å². The lowest BCUT2D eigenvalue weighted by Gasteiger charge is -2.15. The van der Waals surface area contributed by atoms with E-state index in [0.29, 0.717) is 11.1 Å². The summed E-state index contributed by atoms with van der Waals surface area (Å²) in [4.78, 5) is 4.47. The number of halogens is 1. The highest BCUT2D eigenvalue weighted by Crippen LogP contribution is 2.26. The molecule has 0 aliphatic heterocycles. The Kier molecular flexibility index (Phi) is 3.43. The van der Waals surface area contributed by atoms with Crippen molar-refractivity contribution in [1.82, 2.24) is 4.98 Å². The fourth-order valence-corrected chi connectivity index (χ4v) is 2.53. The molecule has 1 unspecified atom stereocenters. The van der Waals surface area contributed by atoms with E-state index < -0.39 is 6.04 Å². The molecule has 2 N–H and O–H groups in total. The number of hydrogen-bond acceptors (Lipinski definition) is 2. The normalized spacial score (nSPS) is 12.6. The second-order valence-electron chi connectivity index (χ2n) is 5.36. The van der Waals surface area contributed by atoms with Gasteiger partial charge < -0.3 is 5.73 Å². The summed E-state index contributed by atoms with van der Waals surface area (Å²) in [7, 11) is 0. The van der Waals surface area contributed by atoms with Crippen LogP contribution in [0, 0.1) is 19.7 Å². The average molecular weight is 280 g/mol. The zero-order valence-corrected chi connectivity index (χ0v) is 12.1. The Balaban J connectivity index is 2.07. The van der Waals surface area contributed by atoms with Crippen LogP contribution < -0.4 is 5.73 Å². The van der Waals surface area contributed by atoms with Crippen LogP contribution in [0.5, 0.6) is 0 Å². The van der Waals surface area contributed by atoms with E-state index in [1.54, 1.807) is 19.1 Å². The largest absolute Gasteiger partial charge is 0.320 e. The predicted octanol–water partition coefficient (Wildman–Crippen LogP) is 4.04. The average Bonchev–Trinajstić information content (AvgIpc) is 2.49. The van der Waals surface area contributed by atoms with Crippen LogP contribution in [-0.4, -0.2) is 4.98 Å². The molecule has 106 valence electrons. The summed E-state index contributed by atoms with van der Waals surface area (Å²) in [5.41, 5.74) is 10.2. The molecule has 0 bridgehead atoms. The van der Waals surface area contributed by atoms with Gasteiger partial charge in [-0.3, -0.25) is 4.98 Å². The fourth-order valence-electron chi connectivity index (χ4n) is 2.53. The maximum absolute atomic E-state index is 14.2. The first-order valence-corrected chi connectivity index (χ1v) is 6.94. The maximum Gasteiger partial charge on any atom is 0.131 e. The van der Waals surface area contributed by atoms with Crippen LogP contribution in [-0.2, 0) is 0 Å². The van der Waals surface area contributed by atoms with Crippen molar-refractivity contribution in [1.29, 1.82) is 0 Å². The SMILES string of the molecule is Cc1ccc2cc(C(N)c3cccc(C)c3F)ccc2n1. The Morgan fingerprint density at radius 2 is 1.86 bits per heavy atom. The molecule has 3 aromatic rings. The van der Waals surface area contributed by atoms with E-state index >= 15 is 0 Å². The minimum Gasteiger partial charge on any atom is -0.320 e. The fraction of sp³-hybridized carbons (Fsp3) is 0.167. The van der Waals surface area contributed by atoms with Gasteiger partial charge in [-0.25, -0.2) is 4.39 Å². The van der Waals surface area contributed by atoms with E-state index in [4.69, 9.17) is 5.73 Å². The van der Waals surface area contributed by atoms with Crippen molar-refractivity contribution in [3.05, 3.63) is 76.7 Å². The molecule has 2 aromatic carbocycles. The monoisotopic (exact) mass is 280 g/mol. The van der Waals surface area contributed by atoms with Crippen LogP contribution in [0.25, 0.3) is 10.9 Å². The molecule has 21 heavy (non-hydrogen) atoms. The van der Waals surface area contributed by atoms with Crippen molar-refractivity contribution in [2.75, 3.05) is 0 Å². The Labute approximate surface area is 123 Å². The Morgan fingerprint density at radius 3 is 2.67 bits per heavy atom. The first-order valence-electron chi connectivity index (χ1n) is 6.94. The zero-order chi connectivity index (χ0) is 15.0. The molecular weight excluding hydrogens is 263 g/mol. The molecule has 3 rings (SSSR count). The third kappa shape index (κ3) is 2.52. The zero-order valence-electron chi connectivity index (χ0n) is 12.1. The van der Waals surface area contributed by atoms with E-state index in [-0.39, 0.29) is 5.82 Å². The molecule has 3 heteroatoms. The van der Waals surface area contributed by atoms with E-state index in [1.165, 1.54) is 0 Å². The Hall–Kier alpha value is -2.26. The van der Waals surface area contributed by atoms with E-state index in [9.17, 15) is 4.39 Å². The number of hydrogen-bond donors (Lipinski definition) is 1. The lowest BCUT2D eigenvalue weighted by Crippen LogP contribution is -2.14. The van der Waals surface area contributed by atoms with Gasteiger partial charge in [0.15, 0.2) is 0 Å². The van der Waals surface area contributed by atoms with Gasteiger partial charge >= 0.3 is 0 Å². The summed E-state index contributed by atoms with van der Waals surface area (Å²) in [6.07, 6.45) is 0. The summed E-state index contributed by atoms with van der Waals surface area (Å²) < 4.78 is 14.2. The van der Waals surface area contributed by atoms with Gasteiger partial charge in [0.2, 0.25) is 0 Å². The third-order valence-electron chi connectivity index (χ3n) is 3.77. The first kappa shape index (κ1) is 13.7. The van der Waals surface area contributed by atoms with Crippen molar-refractivity contribution in [3.63, 3.8) is 0 Å². The molecule has 0 fully saturated rings. The highest BCUT2D eigenvalue weighted by molar-refractivity contribution is 5.79. The topological polar surface area (TPSA) is 38.9 Å². The van der Waals surface area contributed by atoms with E-state index in [1.807, 2.05) is 43.3 Å². The summed E-state index contributed by atoms with van der Waals surface area (Å²) in [6.45, 7) is 3.71. The van der Waals surface area contributed by atoms with E-state index in [2.05, 4.69) is 4.98 Å². The number of aryl methyl sites for hydroxylation is 2. The number of benzene rings is 2. The molecule has 0 radical (unpaired) electrons. The van der Waals surface area contributed by atoms with Gasteiger partial charge in [-0.2, -0.15) is 0 Å². The van der Waals surface area contributed by atoms with Crippen molar-refractivity contribution < 1.29 is 4.39 Å². The van der Waals surface area contributed by atoms with Crippen molar-refractivity contribution in [3.8, 4) is 0 Å². The number of nitrogens with two attached hydrogens (primary N) is 1. The Morgan fingerprint density at radius 1 is 1.05 bits per heavy atom. The van der Waals surface area contributed by atoms with Crippen LogP contribution in [0.3, 0.4) is 0 Å². The quantitative estimate of drug-likeness (QED) is 0.769. The lowest BCUT2D eigenvalue weighted by atomic mass is 9.96.